The third-order valence-electron chi connectivity index (χ3n) is 4.34. The van der Waals surface area contributed by atoms with Crippen molar-refractivity contribution in [2.75, 3.05) is 17.7 Å². The van der Waals surface area contributed by atoms with Crippen molar-refractivity contribution in [1.29, 1.82) is 0 Å². The van der Waals surface area contributed by atoms with Crippen molar-refractivity contribution >= 4 is 39.4 Å². The Hall–Kier alpha value is -2.36. The molecule has 0 amide bonds. The van der Waals surface area contributed by atoms with E-state index < -0.39 is 17.7 Å². The SMILES string of the molecule is CCC(CC)Nc1nc(Nc2cc(C(=O)OC)c(Br)c(C(F)(F)F)c2)ncc1C. The number of hydrogen-bond donors (Lipinski definition) is 2. The number of methoxy groups -OCH3 is 1. The molecule has 1 aromatic heterocycles. The Morgan fingerprint density at radius 3 is 2.48 bits per heavy atom. The molecule has 0 fully saturated rings. The molecule has 2 N–H and O–H groups in total. The van der Waals surface area contributed by atoms with E-state index >= 15 is 0 Å². The fraction of sp³-hybridized carbons (Fsp3) is 0.421. The van der Waals surface area contributed by atoms with Gasteiger partial charge in [0.15, 0.2) is 0 Å². The zero-order chi connectivity index (χ0) is 21.8. The molecule has 6 nitrogen and oxygen atoms in total. The van der Waals surface area contributed by atoms with Gasteiger partial charge < -0.3 is 15.4 Å². The van der Waals surface area contributed by atoms with E-state index in [0.29, 0.717) is 5.82 Å². The molecule has 2 rings (SSSR count). The van der Waals surface area contributed by atoms with Gasteiger partial charge in [0.05, 0.1) is 18.2 Å². The lowest BCUT2D eigenvalue weighted by Gasteiger charge is -2.18. The molecule has 29 heavy (non-hydrogen) atoms. The van der Waals surface area contributed by atoms with Crippen molar-refractivity contribution < 1.29 is 22.7 Å². The standard InChI is InChI=1S/C19H22BrF3N4O2/c1-5-11(6-2)25-16-10(3)9-24-18(27-16)26-12-7-13(17(28)29-4)15(20)14(8-12)19(21,22)23/h7-9,11H,5-6H2,1-4H3,(H2,24,25,26,27). The number of rotatable bonds is 7. The molecule has 10 heteroatoms. The Kier molecular flexibility index (Phi) is 7.45. The number of ether oxygens (including phenoxy) is 1. The molecule has 0 unspecified atom stereocenters. The number of anilines is 3. The van der Waals surface area contributed by atoms with Crippen LogP contribution in [0.5, 0.6) is 0 Å². The number of benzene rings is 1. The third-order valence-corrected chi connectivity index (χ3v) is 5.19. The highest BCUT2D eigenvalue weighted by molar-refractivity contribution is 9.10. The number of nitrogens with zero attached hydrogens (tertiary/aromatic N) is 2. The molecule has 0 saturated carbocycles. The lowest BCUT2D eigenvalue weighted by molar-refractivity contribution is -0.138. The van der Waals surface area contributed by atoms with Crippen molar-refractivity contribution in [3.05, 3.63) is 39.5 Å². The number of alkyl halides is 3. The van der Waals surface area contributed by atoms with Gasteiger partial charge in [-0.1, -0.05) is 13.8 Å². The maximum atomic E-state index is 13.4. The first-order chi connectivity index (χ1) is 13.6. The van der Waals surface area contributed by atoms with E-state index in [1.54, 1.807) is 6.20 Å². The van der Waals surface area contributed by atoms with Crippen LogP contribution in [0.1, 0.15) is 48.2 Å². The smallest absolute Gasteiger partial charge is 0.417 e. The van der Waals surface area contributed by atoms with Gasteiger partial charge in [-0.25, -0.2) is 9.78 Å². The largest absolute Gasteiger partial charge is 0.465 e. The molecule has 1 aromatic carbocycles. The molecule has 0 bridgehead atoms. The Morgan fingerprint density at radius 1 is 1.28 bits per heavy atom. The van der Waals surface area contributed by atoms with Gasteiger partial charge in [-0.2, -0.15) is 18.2 Å². The Balaban J connectivity index is 2.44. The molecular weight excluding hydrogens is 453 g/mol. The topological polar surface area (TPSA) is 76.1 Å². The van der Waals surface area contributed by atoms with Gasteiger partial charge in [-0.15, -0.1) is 0 Å². The summed E-state index contributed by atoms with van der Waals surface area (Å²) >= 11 is 2.85. The normalized spacial score (nSPS) is 11.5. The molecule has 0 spiro atoms. The van der Waals surface area contributed by atoms with Gasteiger partial charge >= 0.3 is 12.1 Å². The summed E-state index contributed by atoms with van der Waals surface area (Å²) in [4.78, 5) is 20.4. The highest BCUT2D eigenvalue weighted by atomic mass is 79.9. The van der Waals surface area contributed by atoms with Crippen LogP contribution < -0.4 is 10.6 Å². The number of carbonyl (C=O) groups excluding carboxylic acids is 1. The van der Waals surface area contributed by atoms with Crippen LogP contribution in [0.2, 0.25) is 0 Å². The zero-order valence-corrected chi connectivity index (χ0v) is 18.0. The number of esters is 1. The van der Waals surface area contributed by atoms with Gasteiger partial charge in [-0.3, -0.25) is 0 Å². The van der Waals surface area contributed by atoms with Crippen LogP contribution in [0.3, 0.4) is 0 Å². The maximum absolute atomic E-state index is 13.4. The zero-order valence-electron chi connectivity index (χ0n) is 16.4. The highest BCUT2D eigenvalue weighted by Crippen LogP contribution is 2.39. The van der Waals surface area contributed by atoms with Gasteiger partial charge in [0.2, 0.25) is 5.95 Å². The molecule has 158 valence electrons. The van der Waals surface area contributed by atoms with Crippen LogP contribution in [-0.4, -0.2) is 29.1 Å². The van der Waals surface area contributed by atoms with Gasteiger partial charge in [0.1, 0.15) is 5.82 Å². The Bertz CT molecular complexity index is 886. The quantitative estimate of drug-likeness (QED) is 0.501. The molecule has 2 aromatic rings. The molecule has 1 heterocycles. The molecular formula is C19H22BrF3N4O2. The fourth-order valence-electron chi connectivity index (χ4n) is 2.63. The highest BCUT2D eigenvalue weighted by Gasteiger charge is 2.35. The summed E-state index contributed by atoms with van der Waals surface area (Å²) in [7, 11) is 1.10. The number of aryl methyl sites for hydroxylation is 1. The predicted octanol–water partition coefficient (Wildman–Crippen LogP) is 5.70. The Labute approximate surface area is 175 Å². The first-order valence-electron chi connectivity index (χ1n) is 8.96. The van der Waals surface area contributed by atoms with Gasteiger partial charge in [0.25, 0.3) is 0 Å². The summed E-state index contributed by atoms with van der Waals surface area (Å²) in [6.45, 7) is 5.93. The van der Waals surface area contributed by atoms with Crippen LogP contribution in [0.25, 0.3) is 0 Å². The minimum absolute atomic E-state index is 0.0123. The fourth-order valence-corrected chi connectivity index (χ4v) is 3.24. The van der Waals surface area contributed by atoms with Crippen LogP contribution in [0.4, 0.5) is 30.6 Å². The Morgan fingerprint density at radius 2 is 1.93 bits per heavy atom. The number of nitrogens with one attached hydrogen (secondary N) is 2. The van der Waals surface area contributed by atoms with E-state index in [2.05, 4.69) is 41.3 Å². The van der Waals surface area contributed by atoms with Crippen molar-refractivity contribution in [2.24, 2.45) is 0 Å². The van der Waals surface area contributed by atoms with Crippen molar-refractivity contribution in [3.63, 3.8) is 0 Å². The molecule has 0 aliphatic heterocycles. The summed E-state index contributed by atoms with van der Waals surface area (Å²) in [5, 5.41) is 6.05. The summed E-state index contributed by atoms with van der Waals surface area (Å²) < 4.78 is 44.4. The molecule has 0 aliphatic rings. The summed E-state index contributed by atoms with van der Waals surface area (Å²) in [6, 6.07) is 2.35. The first kappa shape index (κ1) is 22.9. The van der Waals surface area contributed by atoms with Crippen LogP contribution in [-0.2, 0) is 10.9 Å². The van der Waals surface area contributed by atoms with Crippen LogP contribution in [0.15, 0.2) is 22.8 Å². The maximum Gasteiger partial charge on any atom is 0.417 e. The number of halogens is 4. The van der Waals surface area contributed by atoms with E-state index in [1.807, 2.05) is 20.8 Å². The summed E-state index contributed by atoms with van der Waals surface area (Å²) in [5.74, 6) is -0.195. The average molecular weight is 475 g/mol. The monoisotopic (exact) mass is 474 g/mol. The second-order valence-corrected chi connectivity index (χ2v) is 7.18. The van der Waals surface area contributed by atoms with Gasteiger partial charge in [0, 0.05) is 28.0 Å². The third kappa shape index (κ3) is 5.59. The second kappa shape index (κ2) is 9.43. The first-order valence-corrected chi connectivity index (χ1v) is 9.76. The van der Waals surface area contributed by atoms with E-state index in [-0.39, 0.29) is 27.7 Å². The molecule has 0 atom stereocenters. The minimum atomic E-state index is -4.67. The van der Waals surface area contributed by atoms with Crippen molar-refractivity contribution in [2.45, 2.75) is 45.8 Å². The van der Waals surface area contributed by atoms with E-state index in [0.717, 1.165) is 31.6 Å². The summed E-state index contributed by atoms with van der Waals surface area (Å²) in [6.07, 6.45) is -1.31. The number of hydrogen-bond acceptors (Lipinski definition) is 6. The van der Waals surface area contributed by atoms with E-state index in [4.69, 9.17) is 0 Å². The number of carbonyl (C=O) groups is 1. The number of aromatic nitrogens is 2. The van der Waals surface area contributed by atoms with E-state index in [9.17, 15) is 18.0 Å². The lowest BCUT2D eigenvalue weighted by Crippen LogP contribution is -2.19. The molecule has 0 aliphatic carbocycles. The minimum Gasteiger partial charge on any atom is -0.465 e. The van der Waals surface area contributed by atoms with Crippen molar-refractivity contribution in [1.82, 2.24) is 9.97 Å². The second-order valence-electron chi connectivity index (χ2n) is 6.38. The predicted molar refractivity (Wildman–Crippen MR) is 109 cm³/mol. The van der Waals surface area contributed by atoms with Crippen molar-refractivity contribution in [3.8, 4) is 0 Å². The molecule has 0 saturated heterocycles. The van der Waals surface area contributed by atoms with Gasteiger partial charge in [-0.05, 0) is 47.8 Å². The molecule has 0 radical (unpaired) electrons. The van der Waals surface area contributed by atoms with Crippen LogP contribution in [0, 0.1) is 6.92 Å². The lowest BCUT2D eigenvalue weighted by atomic mass is 10.1. The summed E-state index contributed by atoms with van der Waals surface area (Å²) in [5.41, 5.74) is -0.444. The van der Waals surface area contributed by atoms with E-state index in [1.165, 1.54) is 6.07 Å². The van der Waals surface area contributed by atoms with Crippen LogP contribution >= 0.6 is 15.9 Å². The average Bonchev–Trinajstić information content (AvgIpc) is 2.67.